The van der Waals surface area contributed by atoms with Crippen LogP contribution in [0, 0.1) is 0 Å². The van der Waals surface area contributed by atoms with Crippen molar-refractivity contribution >= 4 is 39.1 Å². The van der Waals surface area contributed by atoms with Crippen LogP contribution in [0.3, 0.4) is 0 Å². The van der Waals surface area contributed by atoms with E-state index in [0.29, 0.717) is 5.22 Å². The minimum absolute atomic E-state index is 0.160. The monoisotopic (exact) mass is 318 g/mol. The minimum atomic E-state index is -0.160. The van der Waals surface area contributed by atoms with Crippen LogP contribution in [0.5, 0.6) is 0 Å². The summed E-state index contributed by atoms with van der Waals surface area (Å²) in [6.07, 6.45) is 2.28. The van der Waals surface area contributed by atoms with Crippen LogP contribution in [0.2, 0.25) is 5.22 Å². The molecule has 0 radical (unpaired) electrons. The molecule has 84 valence electrons. The molecule has 2 aromatic rings. The van der Waals surface area contributed by atoms with Gasteiger partial charge in [-0.15, -0.1) is 11.6 Å². The van der Waals surface area contributed by atoms with Crippen molar-refractivity contribution < 1.29 is 4.42 Å². The molecule has 0 bridgehead atoms. The fourth-order valence-corrected chi connectivity index (χ4v) is 2.38. The van der Waals surface area contributed by atoms with Crippen LogP contribution in [-0.4, -0.2) is 0 Å². The topological polar surface area (TPSA) is 13.1 Å². The van der Waals surface area contributed by atoms with E-state index in [-0.39, 0.29) is 5.38 Å². The minimum Gasteiger partial charge on any atom is -0.453 e. The second-order valence-electron chi connectivity index (χ2n) is 3.45. The molecule has 1 nitrogen and oxygen atoms in total. The molecule has 4 heteroatoms. The van der Waals surface area contributed by atoms with E-state index in [1.165, 1.54) is 5.56 Å². The average Bonchev–Trinajstić information content (AvgIpc) is 2.68. The lowest BCUT2D eigenvalue weighted by Gasteiger charge is -2.07. The third-order valence-corrected chi connectivity index (χ3v) is 3.54. The molecule has 1 aromatic carbocycles. The number of hydrogen-bond acceptors (Lipinski definition) is 1. The lowest BCUT2D eigenvalue weighted by Crippen LogP contribution is -1.94. The summed E-state index contributed by atoms with van der Waals surface area (Å²) in [6, 6.07) is 9.87. The Kier molecular flexibility index (Phi) is 3.95. The maximum Gasteiger partial charge on any atom is 0.197 e. The molecule has 0 aliphatic carbocycles. The molecule has 2 rings (SSSR count). The molecule has 0 N–H and O–H groups in total. The van der Waals surface area contributed by atoms with Gasteiger partial charge in [0.15, 0.2) is 5.22 Å². The Morgan fingerprint density at radius 1 is 1.19 bits per heavy atom. The van der Waals surface area contributed by atoms with Crippen molar-refractivity contribution in [3.63, 3.8) is 0 Å². The molecule has 1 atom stereocenters. The van der Waals surface area contributed by atoms with Crippen LogP contribution in [0.1, 0.15) is 16.5 Å². The highest BCUT2D eigenvalue weighted by Crippen LogP contribution is 2.31. The van der Waals surface area contributed by atoms with Gasteiger partial charge in [0.25, 0.3) is 0 Å². The standard InChI is InChI=1S/C12H9BrCl2O/c13-9-3-1-8(2-4-9)7-11(14)10-5-6-16-12(10)15/h1-6,11H,7H2. The largest absolute Gasteiger partial charge is 0.453 e. The lowest BCUT2D eigenvalue weighted by atomic mass is 10.1. The highest BCUT2D eigenvalue weighted by Gasteiger charge is 2.14. The molecule has 0 fully saturated rings. The summed E-state index contributed by atoms with van der Waals surface area (Å²) in [7, 11) is 0. The van der Waals surface area contributed by atoms with Gasteiger partial charge in [0, 0.05) is 10.0 Å². The molecule has 1 aromatic heterocycles. The van der Waals surface area contributed by atoms with E-state index in [2.05, 4.69) is 15.9 Å². The van der Waals surface area contributed by atoms with E-state index < -0.39 is 0 Å². The molecule has 1 heterocycles. The van der Waals surface area contributed by atoms with Crippen LogP contribution >= 0.6 is 39.1 Å². The summed E-state index contributed by atoms with van der Waals surface area (Å²) in [6.45, 7) is 0. The van der Waals surface area contributed by atoms with Gasteiger partial charge in [-0.2, -0.15) is 0 Å². The maximum absolute atomic E-state index is 6.27. The van der Waals surface area contributed by atoms with E-state index in [1.807, 2.05) is 24.3 Å². The maximum atomic E-state index is 6.27. The van der Waals surface area contributed by atoms with Crippen molar-refractivity contribution in [1.29, 1.82) is 0 Å². The van der Waals surface area contributed by atoms with E-state index in [4.69, 9.17) is 27.6 Å². The highest BCUT2D eigenvalue weighted by molar-refractivity contribution is 9.10. The van der Waals surface area contributed by atoms with Crippen molar-refractivity contribution in [2.45, 2.75) is 11.8 Å². The number of benzene rings is 1. The van der Waals surface area contributed by atoms with Gasteiger partial charge in [0.05, 0.1) is 11.6 Å². The Morgan fingerprint density at radius 3 is 2.44 bits per heavy atom. The molecule has 0 saturated heterocycles. The van der Waals surface area contributed by atoms with Gasteiger partial charge in [0.1, 0.15) is 0 Å². The summed E-state index contributed by atoms with van der Waals surface area (Å²) >= 11 is 15.5. The number of halogens is 3. The SMILES string of the molecule is Clc1occc1C(Cl)Cc1ccc(Br)cc1. The summed E-state index contributed by atoms with van der Waals surface area (Å²) < 4.78 is 6.07. The van der Waals surface area contributed by atoms with Gasteiger partial charge in [0.2, 0.25) is 0 Å². The normalized spacial score (nSPS) is 12.7. The number of alkyl halides is 1. The number of furan rings is 1. The van der Waals surface area contributed by atoms with Crippen molar-refractivity contribution in [2.24, 2.45) is 0 Å². The molecule has 16 heavy (non-hydrogen) atoms. The third kappa shape index (κ3) is 2.82. The summed E-state index contributed by atoms with van der Waals surface area (Å²) in [5, 5.41) is 0.213. The Morgan fingerprint density at radius 2 is 1.88 bits per heavy atom. The molecule has 1 unspecified atom stereocenters. The second-order valence-corrected chi connectivity index (χ2v) is 5.23. The highest BCUT2D eigenvalue weighted by atomic mass is 79.9. The average molecular weight is 320 g/mol. The lowest BCUT2D eigenvalue weighted by molar-refractivity contribution is 0.565. The molecule has 0 spiro atoms. The first-order valence-electron chi connectivity index (χ1n) is 4.78. The van der Waals surface area contributed by atoms with Crippen LogP contribution < -0.4 is 0 Å². The molecule has 0 aliphatic heterocycles. The first-order valence-corrected chi connectivity index (χ1v) is 6.39. The van der Waals surface area contributed by atoms with Crippen LogP contribution in [0.25, 0.3) is 0 Å². The Labute approximate surface area is 112 Å². The van der Waals surface area contributed by atoms with Crippen LogP contribution in [-0.2, 0) is 6.42 Å². The van der Waals surface area contributed by atoms with Crippen LogP contribution in [0.15, 0.2) is 45.5 Å². The van der Waals surface area contributed by atoms with Gasteiger partial charge < -0.3 is 4.42 Å². The number of hydrogen-bond donors (Lipinski definition) is 0. The molecular weight excluding hydrogens is 311 g/mol. The van der Waals surface area contributed by atoms with Gasteiger partial charge in [-0.1, -0.05) is 28.1 Å². The predicted octanol–water partition coefficient (Wildman–Crippen LogP) is 5.22. The molecule has 0 aliphatic rings. The van der Waals surface area contributed by atoms with Crippen molar-refractivity contribution in [1.82, 2.24) is 0 Å². The van der Waals surface area contributed by atoms with Gasteiger partial charge >= 0.3 is 0 Å². The van der Waals surface area contributed by atoms with Crippen molar-refractivity contribution in [2.75, 3.05) is 0 Å². The van der Waals surface area contributed by atoms with E-state index >= 15 is 0 Å². The zero-order valence-corrected chi connectivity index (χ0v) is 11.4. The Hall–Kier alpha value is -0.440. The van der Waals surface area contributed by atoms with E-state index in [0.717, 1.165) is 16.5 Å². The zero-order chi connectivity index (χ0) is 11.5. The van der Waals surface area contributed by atoms with Gasteiger partial charge in [-0.3, -0.25) is 0 Å². The summed E-state index contributed by atoms with van der Waals surface area (Å²) in [4.78, 5) is 0. The number of rotatable bonds is 3. The van der Waals surface area contributed by atoms with E-state index in [9.17, 15) is 0 Å². The first kappa shape index (κ1) is 12.0. The van der Waals surface area contributed by atoms with Crippen LogP contribution in [0.4, 0.5) is 0 Å². The Balaban J connectivity index is 2.10. The Bertz CT molecular complexity index is 464. The smallest absolute Gasteiger partial charge is 0.197 e. The van der Waals surface area contributed by atoms with Gasteiger partial charge in [-0.05, 0) is 41.8 Å². The predicted molar refractivity (Wildman–Crippen MR) is 70.2 cm³/mol. The summed E-state index contributed by atoms with van der Waals surface area (Å²) in [5.41, 5.74) is 2.01. The van der Waals surface area contributed by atoms with Crippen molar-refractivity contribution in [3.05, 3.63) is 57.4 Å². The fourth-order valence-electron chi connectivity index (χ4n) is 1.47. The third-order valence-electron chi connectivity index (χ3n) is 2.31. The quantitative estimate of drug-likeness (QED) is 0.707. The fraction of sp³-hybridized carbons (Fsp3) is 0.167. The molecule has 0 saturated carbocycles. The van der Waals surface area contributed by atoms with E-state index in [1.54, 1.807) is 12.3 Å². The summed E-state index contributed by atoms with van der Waals surface area (Å²) in [5.74, 6) is 0. The molecular formula is C12H9BrCl2O. The second kappa shape index (κ2) is 5.26. The first-order chi connectivity index (χ1) is 7.66. The van der Waals surface area contributed by atoms with Crippen molar-refractivity contribution in [3.8, 4) is 0 Å². The molecule has 0 amide bonds. The zero-order valence-electron chi connectivity index (χ0n) is 8.29. The van der Waals surface area contributed by atoms with Gasteiger partial charge in [-0.25, -0.2) is 0 Å².